The van der Waals surface area contributed by atoms with Crippen molar-refractivity contribution >= 4 is 39.6 Å². The van der Waals surface area contributed by atoms with E-state index in [1.807, 2.05) is 24.3 Å². The molecule has 0 spiro atoms. The zero-order valence-electron chi connectivity index (χ0n) is 19.0. The summed E-state index contributed by atoms with van der Waals surface area (Å²) in [5.74, 6) is 0.692. The molecule has 0 atom stereocenters. The average molecular weight is 511 g/mol. The highest BCUT2D eigenvalue weighted by molar-refractivity contribution is 7.19. The number of halogens is 1. The number of rotatable bonds is 5. The van der Waals surface area contributed by atoms with Crippen molar-refractivity contribution in [2.24, 2.45) is 0 Å². The molecule has 180 valence electrons. The molecule has 1 aliphatic heterocycles. The first-order chi connectivity index (χ1) is 17.0. The number of hydrogen-bond donors (Lipinski definition) is 1. The van der Waals surface area contributed by atoms with Gasteiger partial charge in [-0.25, -0.2) is 9.78 Å². The van der Waals surface area contributed by atoms with Gasteiger partial charge in [0.05, 0.1) is 18.4 Å². The van der Waals surface area contributed by atoms with Gasteiger partial charge in [-0.05, 0) is 36.4 Å². The zero-order chi connectivity index (χ0) is 24.4. The average Bonchev–Trinajstić information content (AvgIpc) is 3.30. The highest BCUT2D eigenvalue weighted by atomic mass is 35.5. The van der Waals surface area contributed by atoms with Crippen LogP contribution in [0.15, 0.2) is 59.4 Å². The Morgan fingerprint density at radius 1 is 1.11 bits per heavy atom. The molecule has 1 saturated heterocycles. The normalized spacial score (nSPS) is 14.3. The van der Waals surface area contributed by atoms with Crippen molar-refractivity contribution in [3.63, 3.8) is 0 Å². The predicted molar refractivity (Wildman–Crippen MR) is 136 cm³/mol. The number of ether oxygens (including phenoxy) is 1. The molecule has 2 aromatic heterocycles. The van der Waals surface area contributed by atoms with Crippen LogP contribution in [0.25, 0.3) is 15.5 Å². The Bertz CT molecular complexity index is 1410. The maximum absolute atomic E-state index is 12.7. The third kappa shape index (κ3) is 5.14. The van der Waals surface area contributed by atoms with Crippen molar-refractivity contribution in [3.05, 3.63) is 75.7 Å². The Morgan fingerprint density at radius 2 is 1.86 bits per heavy atom. The minimum absolute atomic E-state index is 0.140. The van der Waals surface area contributed by atoms with Gasteiger partial charge in [-0.3, -0.25) is 9.69 Å². The van der Waals surface area contributed by atoms with Gasteiger partial charge in [-0.15, -0.1) is 0 Å². The van der Waals surface area contributed by atoms with E-state index in [-0.39, 0.29) is 11.6 Å². The maximum atomic E-state index is 12.7. The van der Waals surface area contributed by atoms with E-state index in [0.29, 0.717) is 64.8 Å². The molecule has 0 radical (unpaired) electrons. The van der Waals surface area contributed by atoms with Gasteiger partial charge in [0.25, 0.3) is 5.56 Å². The number of amides is 2. The second-order valence-corrected chi connectivity index (χ2v) is 9.48. The number of para-hydroxylation sites is 1. The molecule has 2 amide bonds. The van der Waals surface area contributed by atoms with Crippen molar-refractivity contribution in [1.29, 1.82) is 0 Å². The molecule has 2 aromatic carbocycles. The smallest absolute Gasteiger partial charge is 0.321 e. The molecule has 0 bridgehead atoms. The molecule has 1 N–H and O–H groups in total. The number of methoxy groups -OCH3 is 1. The molecule has 4 aromatic rings. The van der Waals surface area contributed by atoms with Gasteiger partial charge in [0.2, 0.25) is 4.96 Å². The second-order valence-electron chi connectivity index (χ2n) is 8.09. The SMILES string of the molecule is COc1ccccc1-c1nn2c(=O)cc(CN3CCN(C(=O)Nc4ccc(Cl)cc4)CC3)nc2s1. The number of fused-ring (bicyclic) bond motifs is 1. The molecule has 1 fully saturated rings. The number of anilines is 1. The van der Waals surface area contributed by atoms with Gasteiger partial charge in [-0.1, -0.05) is 35.1 Å². The number of hydrogen-bond acceptors (Lipinski definition) is 7. The van der Waals surface area contributed by atoms with Crippen molar-refractivity contribution in [3.8, 4) is 16.3 Å². The second kappa shape index (κ2) is 10.0. The van der Waals surface area contributed by atoms with Gasteiger partial charge < -0.3 is 15.0 Å². The van der Waals surface area contributed by atoms with Gasteiger partial charge in [0.1, 0.15) is 5.75 Å². The van der Waals surface area contributed by atoms with Gasteiger partial charge in [0.15, 0.2) is 5.01 Å². The van der Waals surface area contributed by atoms with E-state index in [1.54, 1.807) is 36.3 Å². The Balaban J connectivity index is 1.24. The Labute approximate surface area is 210 Å². The van der Waals surface area contributed by atoms with Crippen LogP contribution in [-0.2, 0) is 6.54 Å². The highest BCUT2D eigenvalue weighted by Gasteiger charge is 2.22. The zero-order valence-corrected chi connectivity index (χ0v) is 20.6. The fraction of sp³-hybridized carbons (Fsp3) is 0.250. The summed E-state index contributed by atoms with van der Waals surface area (Å²) < 4.78 is 6.76. The molecule has 35 heavy (non-hydrogen) atoms. The van der Waals surface area contributed by atoms with E-state index in [2.05, 4.69) is 20.3 Å². The summed E-state index contributed by atoms with van der Waals surface area (Å²) >= 11 is 7.25. The lowest BCUT2D eigenvalue weighted by Crippen LogP contribution is -2.49. The molecule has 9 nitrogen and oxygen atoms in total. The Morgan fingerprint density at radius 3 is 2.60 bits per heavy atom. The summed E-state index contributed by atoms with van der Waals surface area (Å²) in [6, 6.07) is 16.0. The van der Waals surface area contributed by atoms with E-state index in [1.165, 1.54) is 21.9 Å². The monoisotopic (exact) mass is 510 g/mol. The first-order valence-corrected chi connectivity index (χ1v) is 12.3. The number of nitrogens with zero attached hydrogens (tertiary/aromatic N) is 5. The van der Waals surface area contributed by atoms with Gasteiger partial charge in [0, 0.05) is 49.5 Å². The maximum Gasteiger partial charge on any atom is 0.321 e. The quantitative estimate of drug-likeness (QED) is 0.438. The summed E-state index contributed by atoms with van der Waals surface area (Å²) in [5.41, 5.74) is 1.99. The van der Waals surface area contributed by atoms with Crippen LogP contribution in [0.1, 0.15) is 5.69 Å². The van der Waals surface area contributed by atoms with Crippen molar-refractivity contribution in [2.75, 3.05) is 38.6 Å². The summed E-state index contributed by atoms with van der Waals surface area (Å²) in [6.07, 6.45) is 0. The number of urea groups is 1. The Kier molecular flexibility index (Phi) is 6.67. The molecular formula is C24H23ClN6O3S. The number of carbonyl (C=O) groups excluding carboxylic acids is 1. The van der Waals surface area contributed by atoms with Crippen LogP contribution in [0.5, 0.6) is 5.75 Å². The topological polar surface area (TPSA) is 92.1 Å². The third-order valence-electron chi connectivity index (χ3n) is 5.78. The van der Waals surface area contributed by atoms with E-state index >= 15 is 0 Å². The van der Waals surface area contributed by atoms with Crippen LogP contribution in [0, 0.1) is 0 Å². The van der Waals surface area contributed by atoms with Crippen LogP contribution in [0.4, 0.5) is 10.5 Å². The number of piperazine rings is 1. The first-order valence-electron chi connectivity index (χ1n) is 11.1. The van der Waals surface area contributed by atoms with Crippen molar-refractivity contribution < 1.29 is 9.53 Å². The minimum atomic E-state index is -0.219. The van der Waals surface area contributed by atoms with E-state index in [0.717, 1.165) is 5.56 Å². The lowest BCUT2D eigenvalue weighted by molar-refractivity contribution is 0.142. The highest BCUT2D eigenvalue weighted by Crippen LogP contribution is 2.32. The van der Waals surface area contributed by atoms with Gasteiger partial charge >= 0.3 is 6.03 Å². The largest absolute Gasteiger partial charge is 0.496 e. The summed E-state index contributed by atoms with van der Waals surface area (Å²) in [5, 5.41) is 8.64. The van der Waals surface area contributed by atoms with E-state index < -0.39 is 0 Å². The number of benzene rings is 2. The molecule has 0 unspecified atom stereocenters. The molecule has 0 saturated carbocycles. The van der Waals surface area contributed by atoms with Crippen LogP contribution < -0.4 is 15.6 Å². The minimum Gasteiger partial charge on any atom is -0.496 e. The summed E-state index contributed by atoms with van der Waals surface area (Å²) in [6.45, 7) is 3.06. The predicted octanol–water partition coefficient (Wildman–Crippen LogP) is 3.83. The van der Waals surface area contributed by atoms with E-state index in [4.69, 9.17) is 16.3 Å². The molecule has 3 heterocycles. The lowest BCUT2D eigenvalue weighted by atomic mass is 10.2. The van der Waals surface area contributed by atoms with Crippen LogP contribution in [-0.4, -0.2) is 63.7 Å². The number of carbonyl (C=O) groups is 1. The molecule has 11 heteroatoms. The van der Waals surface area contributed by atoms with Crippen molar-refractivity contribution in [1.82, 2.24) is 24.4 Å². The molecule has 1 aliphatic rings. The number of aromatic nitrogens is 3. The van der Waals surface area contributed by atoms with Gasteiger partial charge in [-0.2, -0.15) is 9.61 Å². The molecular weight excluding hydrogens is 488 g/mol. The summed E-state index contributed by atoms with van der Waals surface area (Å²) in [4.78, 5) is 34.5. The Hall–Kier alpha value is -3.47. The first kappa shape index (κ1) is 23.3. The van der Waals surface area contributed by atoms with Crippen LogP contribution in [0.2, 0.25) is 5.02 Å². The van der Waals surface area contributed by atoms with Crippen LogP contribution in [0.3, 0.4) is 0 Å². The fourth-order valence-corrected chi connectivity index (χ4v) is 5.02. The third-order valence-corrected chi connectivity index (χ3v) is 6.97. The van der Waals surface area contributed by atoms with Crippen molar-refractivity contribution in [2.45, 2.75) is 6.54 Å². The summed E-state index contributed by atoms with van der Waals surface area (Å²) in [7, 11) is 1.61. The van der Waals surface area contributed by atoms with Crippen LogP contribution >= 0.6 is 22.9 Å². The molecule has 5 rings (SSSR count). The number of nitrogens with one attached hydrogen (secondary N) is 1. The molecule has 0 aliphatic carbocycles. The van der Waals surface area contributed by atoms with E-state index in [9.17, 15) is 9.59 Å². The fourth-order valence-electron chi connectivity index (χ4n) is 3.94. The standard InChI is InChI=1S/C24H23ClN6O3S/c1-34-20-5-3-2-4-19(20)22-28-31-21(32)14-18(27-24(31)35-22)15-29-10-12-30(13-11-29)23(33)26-17-8-6-16(25)7-9-17/h2-9,14H,10-13,15H2,1H3,(H,26,33). The lowest BCUT2D eigenvalue weighted by Gasteiger charge is -2.34.